The minimum Gasteiger partial charge on any atom is -0.481 e. The Morgan fingerprint density at radius 2 is 2.00 bits per heavy atom. The number of alkyl halides is 3. The molecule has 2 unspecified atom stereocenters. The number of hydrogen-bond donors (Lipinski definition) is 2. The Kier molecular flexibility index (Phi) is 4.81. The number of rotatable bonds is 5. The number of carboxylic acids is 1. The van der Waals surface area contributed by atoms with Crippen LogP contribution in [0.25, 0.3) is 0 Å². The van der Waals surface area contributed by atoms with Gasteiger partial charge in [-0.25, -0.2) is 0 Å². The maximum absolute atomic E-state index is 13.1. The molecule has 3 rings (SSSR count). The van der Waals surface area contributed by atoms with Crippen LogP contribution < -0.4 is 0 Å². The van der Waals surface area contributed by atoms with Gasteiger partial charge in [-0.05, 0) is 43.9 Å². The number of aliphatic carboxylic acids is 1. The lowest BCUT2D eigenvalue weighted by Crippen LogP contribution is -2.49. The summed E-state index contributed by atoms with van der Waals surface area (Å²) in [7, 11) is 0. The summed E-state index contributed by atoms with van der Waals surface area (Å²) >= 11 is 0. The van der Waals surface area contributed by atoms with Crippen LogP contribution >= 0.6 is 0 Å². The summed E-state index contributed by atoms with van der Waals surface area (Å²) in [4.78, 5) is 13.3. The quantitative estimate of drug-likeness (QED) is 0.851. The van der Waals surface area contributed by atoms with Crippen molar-refractivity contribution in [3.63, 3.8) is 0 Å². The van der Waals surface area contributed by atoms with E-state index < -0.39 is 23.8 Å². The topological polar surface area (TPSA) is 60.8 Å². The standard InChI is InChI=1S/C18H22F3NO3/c19-18(20,21)15-4-2-1-3-12(15)9-14(23)11-22-8-5-13(16(24)25)10-17(22)6-7-17/h1-4,13-14,23H,5-11H2,(H,24,25). The highest BCUT2D eigenvalue weighted by Gasteiger charge is 2.52. The van der Waals surface area contributed by atoms with Gasteiger partial charge in [0.1, 0.15) is 0 Å². The lowest BCUT2D eigenvalue weighted by atomic mass is 9.88. The minimum atomic E-state index is -4.44. The highest BCUT2D eigenvalue weighted by Crippen LogP contribution is 2.50. The molecule has 7 heteroatoms. The zero-order chi connectivity index (χ0) is 18.2. The van der Waals surface area contributed by atoms with Gasteiger partial charge in [0.2, 0.25) is 0 Å². The van der Waals surface area contributed by atoms with Gasteiger partial charge >= 0.3 is 12.1 Å². The molecule has 1 aromatic rings. The molecule has 1 heterocycles. The van der Waals surface area contributed by atoms with Gasteiger partial charge in [-0.15, -0.1) is 0 Å². The van der Waals surface area contributed by atoms with Crippen molar-refractivity contribution in [1.82, 2.24) is 4.90 Å². The van der Waals surface area contributed by atoms with E-state index in [1.807, 2.05) is 0 Å². The third kappa shape index (κ3) is 3.98. The number of carbonyl (C=O) groups is 1. The first-order valence-electron chi connectivity index (χ1n) is 8.52. The van der Waals surface area contributed by atoms with Crippen molar-refractivity contribution in [2.45, 2.75) is 49.9 Å². The van der Waals surface area contributed by atoms with E-state index in [4.69, 9.17) is 0 Å². The van der Waals surface area contributed by atoms with Crippen LogP contribution in [-0.4, -0.2) is 45.8 Å². The fraction of sp³-hybridized carbons (Fsp3) is 0.611. The van der Waals surface area contributed by atoms with Gasteiger partial charge in [-0.2, -0.15) is 13.2 Å². The Hall–Kier alpha value is -1.60. The van der Waals surface area contributed by atoms with Gasteiger partial charge in [-0.3, -0.25) is 9.69 Å². The number of benzene rings is 1. The summed E-state index contributed by atoms with van der Waals surface area (Å²) in [6, 6.07) is 5.31. The van der Waals surface area contributed by atoms with Gasteiger partial charge in [-0.1, -0.05) is 18.2 Å². The third-order valence-electron chi connectivity index (χ3n) is 5.43. The summed E-state index contributed by atoms with van der Waals surface area (Å²) < 4.78 is 39.2. The minimum absolute atomic E-state index is 0.0649. The first-order chi connectivity index (χ1) is 11.7. The Morgan fingerprint density at radius 3 is 2.60 bits per heavy atom. The molecule has 0 bridgehead atoms. The lowest BCUT2D eigenvalue weighted by Gasteiger charge is -2.40. The first-order valence-corrected chi connectivity index (χ1v) is 8.52. The summed E-state index contributed by atoms with van der Waals surface area (Å²) in [6.07, 6.45) is -2.55. The van der Waals surface area contributed by atoms with Crippen LogP contribution in [0.15, 0.2) is 24.3 Å². The maximum atomic E-state index is 13.1. The smallest absolute Gasteiger partial charge is 0.416 e. The normalized spacial score (nSPS) is 24.2. The van der Waals surface area contributed by atoms with E-state index >= 15 is 0 Å². The number of aliphatic hydroxyl groups excluding tert-OH is 1. The molecule has 1 aliphatic heterocycles. The van der Waals surface area contributed by atoms with E-state index in [1.165, 1.54) is 18.2 Å². The predicted octanol–water partition coefficient (Wildman–Crippen LogP) is 2.94. The number of aliphatic hydroxyl groups is 1. The molecule has 1 aromatic carbocycles. The van der Waals surface area contributed by atoms with Crippen LogP contribution in [0.1, 0.15) is 36.8 Å². The van der Waals surface area contributed by atoms with Crippen LogP contribution in [0.5, 0.6) is 0 Å². The molecule has 0 radical (unpaired) electrons. The van der Waals surface area contributed by atoms with Gasteiger partial charge in [0.15, 0.2) is 0 Å². The van der Waals surface area contributed by atoms with E-state index in [0.717, 1.165) is 18.9 Å². The molecule has 0 aromatic heterocycles. The summed E-state index contributed by atoms with van der Waals surface area (Å²) in [5.41, 5.74) is -0.793. The molecular weight excluding hydrogens is 335 g/mol. The second-order valence-corrected chi connectivity index (χ2v) is 7.21. The SMILES string of the molecule is O=C(O)C1CCN(CC(O)Cc2ccccc2C(F)(F)F)C2(CC2)C1. The third-order valence-corrected chi connectivity index (χ3v) is 5.43. The number of carboxylic acid groups (broad SMARTS) is 1. The molecule has 2 N–H and O–H groups in total. The van der Waals surface area contributed by atoms with Crippen molar-refractivity contribution < 1.29 is 28.2 Å². The van der Waals surface area contributed by atoms with Crippen LogP contribution in [0, 0.1) is 5.92 Å². The second-order valence-electron chi connectivity index (χ2n) is 7.21. The zero-order valence-corrected chi connectivity index (χ0v) is 13.8. The molecule has 2 aliphatic rings. The van der Waals surface area contributed by atoms with E-state index in [1.54, 1.807) is 0 Å². The molecule has 4 nitrogen and oxygen atoms in total. The van der Waals surface area contributed by atoms with E-state index in [-0.39, 0.29) is 30.0 Å². The van der Waals surface area contributed by atoms with Gasteiger partial charge < -0.3 is 10.2 Å². The van der Waals surface area contributed by atoms with Crippen molar-refractivity contribution in [2.75, 3.05) is 13.1 Å². The molecule has 2 atom stereocenters. The fourth-order valence-electron chi connectivity index (χ4n) is 3.95. The van der Waals surface area contributed by atoms with Crippen LogP contribution in [0.4, 0.5) is 13.2 Å². The monoisotopic (exact) mass is 357 g/mol. The lowest BCUT2D eigenvalue weighted by molar-refractivity contribution is -0.144. The highest BCUT2D eigenvalue weighted by molar-refractivity contribution is 5.70. The summed E-state index contributed by atoms with van der Waals surface area (Å²) in [5.74, 6) is -1.15. The van der Waals surface area contributed by atoms with Crippen molar-refractivity contribution in [2.24, 2.45) is 5.92 Å². The van der Waals surface area contributed by atoms with E-state index in [9.17, 15) is 28.2 Å². The van der Waals surface area contributed by atoms with Gasteiger partial charge in [0.05, 0.1) is 17.6 Å². The van der Waals surface area contributed by atoms with E-state index in [0.29, 0.717) is 19.4 Å². The Morgan fingerprint density at radius 1 is 1.32 bits per heavy atom. The summed E-state index contributed by atoms with van der Waals surface area (Å²) in [6.45, 7) is 0.841. The van der Waals surface area contributed by atoms with Crippen LogP contribution in [0.3, 0.4) is 0 Å². The molecule has 1 saturated heterocycles. The van der Waals surface area contributed by atoms with Gasteiger partial charge in [0, 0.05) is 18.5 Å². The zero-order valence-electron chi connectivity index (χ0n) is 13.8. The van der Waals surface area contributed by atoms with Crippen molar-refractivity contribution in [1.29, 1.82) is 0 Å². The fourth-order valence-corrected chi connectivity index (χ4v) is 3.95. The van der Waals surface area contributed by atoms with Crippen molar-refractivity contribution in [3.8, 4) is 0 Å². The van der Waals surface area contributed by atoms with E-state index in [2.05, 4.69) is 4.90 Å². The van der Waals surface area contributed by atoms with Gasteiger partial charge in [0.25, 0.3) is 0 Å². The molecule has 1 spiro atoms. The molecule has 25 heavy (non-hydrogen) atoms. The molecule has 1 saturated carbocycles. The number of hydrogen-bond acceptors (Lipinski definition) is 3. The van der Waals surface area contributed by atoms with Crippen LogP contribution in [-0.2, 0) is 17.4 Å². The number of β-amino-alcohol motifs (C(OH)–C–C–N with tert-alkyl or cyclic N) is 1. The maximum Gasteiger partial charge on any atom is 0.416 e. The van der Waals surface area contributed by atoms with Crippen LogP contribution in [0.2, 0.25) is 0 Å². The highest BCUT2D eigenvalue weighted by atomic mass is 19.4. The number of piperidine rings is 1. The number of nitrogens with zero attached hydrogens (tertiary/aromatic N) is 1. The number of halogens is 3. The number of likely N-dealkylation sites (tertiary alicyclic amines) is 1. The van der Waals surface area contributed by atoms with Crippen molar-refractivity contribution in [3.05, 3.63) is 35.4 Å². The second kappa shape index (κ2) is 6.61. The van der Waals surface area contributed by atoms with Crippen molar-refractivity contribution >= 4 is 5.97 Å². The molecule has 138 valence electrons. The average molecular weight is 357 g/mol. The average Bonchev–Trinajstić information content (AvgIpc) is 3.29. The molecule has 2 fully saturated rings. The molecule has 1 aliphatic carbocycles. The summed E-state index contributed by atoms with van der Waals surface area (Å²) in [5, 5.41) is 19.5. The Labute approximate surface area is 144 Å². The first kappa shape index (κ1) is 18.2. The largest absolute Gasteiger partial charge is 0.481 e. The molecular formula is C18H22F3NO3. The molecule has 0 amide bonds. The Bertz CT molecular complexity index is 643. The predicted molar refractivity (Wildman–Crippen MR) is 85.1 cm³/mol. The Balaban J connectivity index is 1.64.